The maximum absolute atomic E-state index is 12.3. The second-order valence-electron chi connectivity index (χ2n) is 5.92. The Balaban J connectivity index is 2.15. The number of nitrogens with two attached hydrogens (primary N) is 1. The van der Waals surface area contributed by atoms with Crippen LogP contribution in [0.2, 0.25) is 0 Å². The van der Waals surface area contributed by atoms with Crippen molar-refractivity contribution in [3.05, 3.63) is 0 Å². The summed E-state index contributed by atoms with van der Waals surface area (Å²) in [6.45, 7) is 3.04. The molecule has 1 aliphatic rings. The molecular weight excluding hydrogens is 308 g/mol. The van der Waals surface area contributed by atoms with Crippen molar-refractivity contribution in [3.63, 3.8) is 0 Å². The first-order valence-electron chi connectivity index (χ1n) is 7.25. The third-order valence-electron chi connectivity index (χ3n) is 4.23. The van der Waals surface area contributed by atoms with Crippen LogP contribution in [0, 0.1) is 11.8 Å². The fourth-order valence-corrected chi connectivity index (χ4v) is 4.84. The highest BCUT2D eigenvalue weighted by atomic mass is 32.2. The molecule has 1 fully saturated rings. The largest absolute Gasteiger partial charge is 0.382 e. The van der Waals surface area contributed by atoms with Crippen molar-refractivity contribution in [1.82, 2.24) is 8.68 Å². The van der Waals surface area contributed by atoms with Gasteiger partial charge in [0.25, 0.3) is 0 Å². The minimum absolute atomic E-state index is 0.0768. The van der Waals surface area contributed by atoms with Crippen LogP contribution in [0.15, 0.2) is 4.90 Å². The highest BCUT2D eigenvalue weighted by molar-refractivity contribution is 7.89. The first-order valence-corrected chi connectivity index (χ1v) is 9.47. The zero-order valence-electron chi connectivity index (χ0n) is 12.8. The lowest BCUT2D eigenvalue weighted by atomic mass is 9.80. The highest BCUT2D eigenvalue weighted by Gasteiger charge is 2.28. The molecule has 0 amide bonds. The predicted octanol–water partition coefficient (Wildman–Crippen LogP) is 2.21. The highest BCUT2D eigenvalue weighted by Crippen LogP contribution is 2.35. The Morgan fingerprint density at radius 3 is 2.67 bits per heavy atom. The van der Waals surface area contributed by atoms with Gasteiger partial charge in [0.2, 0.25) is 10.0 Å². The van der Waals surface area contributed by atoms with Crippen molar-refractivity contribution in [2.45, 2.75) is 37.5 Å². The summed E-state index contributed by atoms with van der Waals surface area (Å²) in [6.07, 6.45) is 4.99. The van der Waals surface area contributed by atoms with Crippen molar-refractivity contribution in [3.8, 4) is 0 Å². The normalized spacial score (nSPS) is 23.4. The monoisotopic (exact) mass is 332 g/mol. The zero-order valence-corrected chi connectivity index (χ0v) is 14.4. The van der Waals surface area contributed by atoms with E-state index in [9.17, 15) is 8.42 Å². The van der Waals surface area contributed by atoms with E-state index in [-0.39, 0.29) is 10.7 Å². The van der Waals surface area contributed by atoms with Gasteiger partial charge in [0.05, 0.1) is 0 Å². The summed E-state index contributed by atoms with van der Waals surface area (Å²) in [4.78, 5) is 0.112. The lowest BCUT2D eigenvalue weighted by Gasteiger charge is -2.29. The molecule has 3 N–H and O–H groups in total. The Bertz CT molecular complexity index is 583. The molecule has 2 unspecified atom stereocenters. The average molecular weight is 332 g/mol. The van der Waals surface area contributed by atoms with Crippen LogP contribution >= 0.6 is 11.5 Å². The van der Waals surface area contributed by atoms with Crippen molar-refractivity contribution in [2.24, 2.45) is 11.8 Å². The van der Waals surface area contributed by atoms with Gasteiger partial charge in [-0.25, -0.2) is 12.7 Å². The number of nitrogens with zero attached hydrogens (tertiary/aromatic N) is 2. The van der Waals surface area contributed by atoms with E-state index < -0.39 is 10.0 Å². The molecular formula is C13H24N4O2S2. The summed E-state index contributed by atoms with van der Waals surface area (Å²) in [5, 5.41) is 3.82. The van der Waals surface area contributed by atoms with Gasteiger partial charge < -0.3 is 11.1 Å². The maximum atomic E-state index is 12.3. The molecule has 8 heteroatoms. The number of sulfonamides is 1. The number of hydrogen-bond donors (Lipinski definition) is 2. The number of nitrogens with one attached hydrogen (secondary N) is 1. The van der Waals surface area contributed by atoms with Crippen LogP contribution in [0.3, 0.4) is 0 Å². The van der Waals surface area contributed by atoms with E-state index >= 15 is 0 Å². The fourth-order valence-electron chi connectivity index (χ4n) is 2.76. The Kier molecular flexibility index (Phi) is 5.11. The second-order valence-corrected chi connectivity index (χ2v) is 8.78. The molecule has 1 heterocycles. The smallest absolute Gasteiger partial charge is 0.249 e. The molecule has 1 saturated carbocycles. The third kappa shape index (κ3) is 3.49. The van der Waals surface area contributed by atoms with Crippen LogP contribution < -0.4 is 11.1 Å². The number of nitrogen functional groups attached to an aromatic ring is 1. The maximum Gasteiger partial charge on any atom is 0.249 e. The molecule has 0 spiro atoms. The molecule has 1 aromatic rings. The van der Waals surface area contributed by atoms with E-state index in [2.05, 4.69) is 16.6 Å². The standard InChI is InChI=1S/C13H24N4O2S2/c1-9-6-4-5-7-10(9)8-15-13-11(12(14)16-20-13)21(18,19)17(2)3/h9-10,15H,4-8H2,1-3H3,(H2,14,16). The Hall–Kier alpha value is -0.860. The van der Waals surface area contributed by atoms with Gasteiger partial charge in [0.15, 0.2) is 10.7 Å². The van der Waals surface area contributed by atoms with E-state index in [1.165, 1.54) is 44.1 Å². The summed E-state index contributed by atoms with van der Waals surface area (Å²) in [7, 11) is -0.569. The van der Waals surface area contributed by atoms with Crippen molar-refractivity contribution in [2.75, 3.05) is 31.7 Å². The summed E-state index contributed by atoms with van der Waals surface area (Å²) < 4.78 is 29.8. The first kappa shape index (κ1) is 16.5. The molecule has 1 aromatic heterocycles. The Labute approximate surface area is 130 Å². The van der Waals surface area contributed by atoms with Crippen LogP contribution in [0.1, 0.15) is 32.6 Å². The second kappa shape index (κ2) is 6.50. The van der Waals surface area contributed by atoms with Crippen LogP contribution in [0.4, 0.5) is 10.8 Å². The molecule has 2 atom stereocenters. The molecule has 6 nitrogen and oxygen atoms in total. The average Bonchev–Trinajstić information content (AvgIpc) is 2.79. The topological polar surface area (TPSA) is 88.3 Å². The lowest BCUT2D eigenvalue weighted by molar-refractivity contribution is 0.268. The van der Waals surface area contributed by atoms with Crippen molar-refractivity contribution >= 4 is 32.4 Å². The Morgan fingerprint density at radius 2 is 2.05 bits per heavy atom. The minimum atomic E-state index is -3.57. The zero-order chi connectivity index (χ0) is 15.6. The summed E-state index contributed by atoms with van der Waals surface area (Å²) in [6, 6.07) is 0. The van der Waals surface area contributed by atoms with Gasteiger partial charge in [-0.2, -0.15) is 4.37 Å². The van der Waals surface area contributed by atoms with Crippen molar-refractivity contribution < 1.29 is 8.42 Å². The van der Waals surface area contributed by atoms with Gasteiger partial charge in [0, 0.05) is 20.6 Å². The molecule has 0 saturated heterocycles. The first-order chi connectivity index (χ1) is 9.84. The van der Waals surface area contributed by atoms with E-state index in [0.717, 1.165) is 18.1 Å². The number of anilines is 2. The number of rotatable bonds is 5. The molecule has 0 bridgehead atoms. The van der Waals surface area contributed by atoms with Gasteiger partial charge in [-0.1, -0.05) is 26.2 Å². The van der Waals surface area contributed by atoms with Gasteiger partial charge >= 0.3 is 0 Å². The van der Waals surface area contributed by atoms with Crippen LogP contribution in [-0.4, -0.2) is 37.7 Å². The van der Waals surface area contributed by atoms with Gasteiger partial charge in [-0.15, -0.1) is 0 Å². The summed E-state index contributed by atoms with van der Waals surface area (Å²) in [5.41, 5.74) is 5.75. The quantitative estimate of drug-likeness (QED) is 0.863. The van der Waals surface area contributed by atoms with Crippen LogP contribution in [0.25, 0.3) is 0 Å². The predicted molar refractivity (Wildman–Crippen MR) is 87.0 cm³/mol. The molecule has 2 rings (SSSR count). The molecule has 0 aromatic carbocycles. The van der Waals surface area contributed by atoms with Gasteiger partial charge in [0.1, 0.15) is 5.00 Å². The number of aromatic nitrogens is 1. The van der Waals surface area contributed by atoms with E-state index in [1.807, 2.05) is 0 Å². The van der Waals surface area contributed by atoms with Crippen LogP contribution in [0.5, 0.6) is 0 Å². The van der Waals surface area contributed by atoms with E-state index in [1.54, 1.807) is 0 Å². The van der Waals surface area contributed by atoms with Gasteiger partial charge in [-0.05, 0) is 29.8 Å². The minimum Gasteiger partial charge on any atom is -0.382 e. The Morgan fingerprint density at radius 1 is 1.38 bits per heavy atom. The SMILES string of the molecule is CC1CCCCC1CNc1snc(N)c1S(=O)(=O)N(C)C. The molecule has 120 valence electrons. The van der Waals surface area contributed by atoms with Gasteiger partial charge in [-0.3, -0.25) is 0 Å². The molecule has 0 radical (unpaired) electrons. The fraction of sp³-hybridized carbons (Fsp3) is 0.769. The van der Waals surface area contributed by atoms with E-state index in [0.29, 0.717) is 16.8 Å². The lowest BCUT2D eigenvalue weighted by Crippen LogP contribution is -2.26. The summed E-state index contributed by atoms with van der Waals surface area (Å²) in [5.74, 6) is 1.33. The van der Waals surface area contributed by atoms with Crippen LogP contribution in [-0.2, 0) is 10.0 Å². The number of hydrogen-bond acceptors (Lipinski definition) is 6. The van der Waals surface area contributed by atoms with E-state index in [4.69, 9.17) is 5.73 Å². The van der Waals surface area contributed by atoms with Crippen molar-refractivity contribution in [1.29, 1.82) is 0 Å². The summed E-state index contributed by atoms with van der Waals surface area (Å²) >= 11 is 1.12. The third-order valence-corrected chi connectivity index (χ3v) is 7.07. The molecule has 21 heavy (non-hydrogen) atoms. The molecule has 1 aliphatic carbocycles. The molecule has 0 aliphatic heterocycles.